The number of hydrogen-bond acceptors (Lipinski definition) is 14. The third kappa shape index (κ3) is 25.3. The standard InChI is InChI=1S/C72H120N12O15/c1-25-51-68(95)78(18)38-57(86)79(19)52(34-39(2)3)65(92)77-59(43(10)11)71(98)80(20)53(35-40(4)5)64(91)73-47(16)63(90)74-48(17)67(94)81(21)54(36-41(6)7)69(96)82(22)55(37-42(8)9)70(97)83(23)60(44(12)13)72(99)84(24)61(66(93)76-51)62(89)46(15)27-26-45(14)49-28-30-50(31-29-49)75-56(85)32-33-58(87)88/h26,28-31,39-44,46-48,51-55,59-62,89H,25,27,32-38H2,1-24H3,(H,73,91)(H,74,90)(H,75,85)(H,76,93)(H,77,92)(H,87,88)/t46-,47+,48+,51+,52+,53+,54+,55+,59+,60+,61?,62-/m1/s1. The molecule has 1 fully saturated rings. The van der Waals surface area contributed by atoms with E-state index in [1.54, 1.807) is 65.8 Å². The Hall–Kier alpha value is -7.97. The highest BCUT2D eigenvalue weighted by Gasteiger charge is 2.46. The van der Waals surface area contributed by atoms with E-state index in [1.165, 1.54) is 87.7 Å². The van der Waals surface area contributed by atoms with Gasteiger partial charge in [0.15, 0.2) is 0 Å². The summed E-state index contributed by atoms with van der Waals surface area (Å²) in [5.41, 5.74) is 1.91. The fraction of sp³-hybridized carbons (Fsp3) is 0.708. The lowest BCUT2D eigenvalue weighted by Crippen LogP contribution is -2.63. The van der Waals surface area contributed by atoms with Crippen molar-refractivity contribution in [3.8, 4) is 0 Å². The van der Waals surface area contributed by atoms with E-state index in [0.717, 1.165) is 20.9 Å². The molecule has 99 heavy (non-hydrogen) atoms. The second-order valence-corrected chi connectivity index (χ2v) is 29.4. The molecule has 1 aliphatic rings. The van der Waals surface area contributed by atoms with Crippen LogP contribution in [0.3, 0.4) is 0 Å². The highest BCUT2D eigenvalue weighted by molar-refractivity contribution is 6.00. The molecule has 7 N–H and O–H groups in total. The highest BCUT2D eigenvalue weighted by atomic mass is 16.4. The lowest BCUT2D eigenvalue weighted by Gasteiger charge is -2.41. The van der Waals surface area contributed by atoms with E-state index in [9.17, 15) is 48.3 Å². The van der Waals surface area contributed by atoms with Gasteiger partial charge in [-0.15, -0.1) is 0 Å². The predicted molar refractivity (Wildman–Crippen MR) is 379 cm³/mol. The van der Waals surface area contributed by atoms with E-state index in [0.29, 0.717) is 5.69 Å². The van der Waals surface area contributed by atoms with Gasteiger partial charge in [-0.05, 0) is 124 Å². The molecule has 27 heteroatoms. The number of allylic oxidation sites excluding steroid dienone is 2. The van der Waals surface area contributed by atoms with Crippen LogP contribution >= 0.6 is 0 Å². The summed E-state index contributed by atoms with van der Waals surface area (Å²) in [5, 5.41) is 35.2. The highest BCUT2D eigenvalue weighted by Crippen LogP contribution is 2.27. The monoisotopic (exact) mass is 1390 g/mol. The number of hydrogen-bond donors (Lipinski definition) is 7. The predicted octanol–water partition coefficient (Wildman–Crippen LogP) is 4.60. The van der Waals surface area contributed by atoms with Gasteiger partial charge in [0.2, 0.25) is 70.9 Å². The molecule has 12 atom stereocenters. The summed E-state index contributed by atoms with van der Waals surface area (Å²) in [6, 6.07) is -6.09. The van der Waals surface area contributed by atoms with Crippen molar-refractivity contribution in [3.05, 3.63) is 35.9 Å². The number of aliphatic hydroxyl groups is 1. The van der Waals surface area contributed by atoms with Crippen molar-refractivity contribution in [1.82, 2.24) is 55.6 Å². The lowest BCUT2D eigenvalue weighted by atomic mass is 9.90. The quantitative estimate of drug-likeness (QED) is 0.0938. The van der Waals surface area contributed by atoms with Gasteiger partial charge in [0.1, 0.15) is 60.4 Å². The van der Waals surface area contributed by atoms with E-state index in [2.05, 4.69) is 26.6 Å². The normalized spacial score (nSPS) is 24.7. The Labute approximate surface area is 588 Å². The largest absolute Gasteiger partial charge is 0.481 e. The molecule has 558 valence electrons. The van der Waals surface area contributed by atoms with Gasteiger partial charge in [-0.3, -0.25) is 62.3 Å². The SMILES string of the molecule is CC[C@@H]1NC(=O)C([C@H](O)[C@H](C)CC=C(C)c2ccc(NC(=O)CCC(=O)O)cc2)N(C)C(=O)[C@H](C(C)C)N(C)C(=O)[C@H](CC(C)C)N(C)C(=O)[C@H](CC(C)C)N(C)C(=O)[C@H](C)NC(=O)[C@H](C)NC(=O)[C@H](CC(C)C)N(C)C(=O)[C@H](C(C)C)NC(=O)[C@H](CC(C)C)N(C)C(=O)CN(C)C1=O. The number of carboxylic acid groups (broad SMARTS) is 1. The molecule has 27 nitrogen and oxygen atoms in total. The lowest BCUT2D eigenvalue weighted by molar-refractivity contribution is -0.157. The molecular weight excluding hydrogens is 1270 g/mol. The molecule has 1 aliphatic heterocycles. The summed E-state index contributed by atoms with van der Waals surface area (Å²) in [6.45, 7) is 29.0. The van der Waals surface area contributed by atoms with E-state index in [4.69, 9.17) is 5.11 Å². The molecule has 0 spiro atoms. The molecule has 1 unspecified atom stereocenters. The van der Waals surface area contributed by atoms with Crippen LogP contribution in [0.2, 0.25) is 0 Å². The molecule has 1 heterocycles. The van der Waals surface area contributed by atoms with Gasteiger partial charge in [-0.2, -0.15) is 0 Å². The summed E-state index contributed by atoms with van der Waals surface area (Å²) in [5.74, 6) is -12.1. The number of likely N-dealkylation sites (N-methyl/N-ethyl adjacent to an activating group) is 7. The number of rotatable bonds is 20. The molecular formula is C72H120N12O15. The van der Waals surface area contributed by atoms with Gasteiger partial charge in [-0.1, -0.05) is 115 Å². The summed E-state index contributed by atoms with van der Waals surface area (Å²) < 4.78 is 0. The molecule has 1 aromatic rings. The number of nitrogens with zero attached hydrogens (tertiary/aromatic N) is 7. The Morgan fingerprint density at radius 1 is 0.515 bits per heavy atom. The van der Waals surface area contributed by atoms with Crippen molar-refractivity contribution in [3.63, 3.8) is 0 Å². The maximum Gasteiger partial charge on any atom is 0.303 e. The minimum atomic E-state index is -1.74. The van der Waals surface area contributed by atoms with E-state index < -0.39 is 168 Å². The number of aliphatic hydroxyl groups excluding tert-OH is 1. The van der Waals surface area contributed by atoms with Crippen LogP contribution in [0.5, 0.6) is 0 Å². The molecule has 0 radical (unpaired) electrons. The summed E-state index contributed by atoms with van der Waals surface area (Å²) in [6.07, 6.45) is 0.203. The number of benzene rings is 1. The average molecular weight is 1390 g/mol. The Kier molecular flexibility index (Phi) is 35.0. The van der Waals surface area contributed by atoms with Gasteiger partial charge in [0, 0.05) is 61.4 Å². The van der Waals surface area contributed by atoms with E-state index >= 15 is 19.2 Å². The maximum atomic E-state index is 15.5. The second-order valence-electron chi connectivity index (χ2n) is 29.4. The Morgan fingerprint density at radius 2 is 0.960 bits per heavy atom. The Balaban J connectivity index is 3.00. The minimum Gasteiger partial charge on any atom is -0.481 e. The van der Waals surface area contributed by atoms with Gasteiger partial charge in [0.25, 0.3) is 0 Å². The zero-order chi connectivity index (χ0) is 76.1. The molecule has 2 rings (SSSR count). The van der Waals surface area contributed by atoms with E-state index in [1.807, 2.05) is 68.4 Å². The number of nitrogens with one attached hydrogen (secondary N) is 5. The van der Waals surface area contributed by atoms with Crippen LogP contribution in [0.25, 0.3) is 5.57 Å². The van der Waals surface area contributed by atoms with Crippen LogP contribution in [0.15, 0.2) is 30.3 Å². The zero-order valence-corrected chi connectivity index (χ0v) is 63.5. The Morgan fingerprint density at radius 3 is 1.43 bits per heavy atom. The summed E-state index contributed by atoms with van der Waals surface area (Å²) >= 11 is 0. The summed E-state index contributed by atoms with van der Waals surface area (Å²) in [4.78, 5) is 194. The van der Waals surface area contributed by atoms with Gasteiger partial charge >= 0.3 is 5.97 Å². The van der Waals surface area contributed by atoms with Crippen molar-refractivity contribution in [1.29, 1.82) is 0 Å². The summed E-state index contributed by atoms with van der Waals surface area (Å²) in [7, 11) is 9.76. The first-order valence-corrected chi connectivity index (χ1v) is 34.9. The molecule has 1 saturated heterocycles. The maximum absolute atomic E-state index is 15.5. The number of amides is 12. The number of carbonyl (C=O) groups excluding carboxylic acids is 12. The fourth-order valence-corrected chi connectivity index (χ4v) is 12.1. The van der Waals surface area contributed by atoms with Gasteiger partial charge in [0.05, 0.1) is 19.1 Å². The number of carboxylic acids is 1. The van der Waals surface area contributed by atoms with Crippen molar-refractivity contribution in [2.75, 3.05) is 61.2 Å². The van der Waals surface area contributed by atoms with Crippen LogP contribution in [0.4, 0.5) is 5.69 Å². The van der Waals surface area contributed by atoms with Crippen LogP contribution in [-0.2, 0) is 62.3 Å². The van der Waals surface area contributed by atoms with Crippen LogP contribution in [0, 0.1) is 41.4 Å². The molecule has 0 saturated carbocycles. The number of anilines is 1. The van der Waals surface area contributed by atoms with Crippen LogP contribution in [0.1, 0.15) is 175 Å². The van der Waals surface area contributed by atoms with Crippen molar-refractivity contribution in [2.24, 2.45) is 41.4 Å². The van der Waals surface area contributed by atoms with Gasteiger partial charge in [-0.25, -0.2) is 0 Å². The first-order valence-electron chi connectivity index (χ1n) is 34.9. The van der Waals surface area contributed by atoms with Crippen molar-refractivity contribution in [2.45, 2.75) is 236 Å². The minimum absolute atomic E-state index is 0.0385. The van der Waals surface area contributed by atoms with Crippen LogP contribution in [-0.4, -0.2) is 244 Å². The third-order valence-electron chi connectivity index (χ3n) is 18.3. The van der Waals surface area contributed by atoms with Gasteiger partial charge < -0.3 is 71.1 Å². The average Bonchev–Trinajstić information content (AvgIpc) is 0.805. The first kappa shape index (κ1) is 87.1. The number of carbonyl (C=O) groups is 13. The van der Waals surface area contributed by atoms with Crippen molar-refractivity contribution >= 4 is 88.1 Å². The molecule has 0 aromatic heterocycles. The fourth-order valence-electron chi connectivity index (χ4n) is 12.1. The first-order chi connectivity index (χ1) is 45.8. The molecule has 12 amide bonds. The molecule has 0 bridgehead atoms. The third-order valence-corrected chi connectivity index (χ3v) is 18.3. The van der Waals surface area contributed by atoms with Crippen molar-refractivity contribution < 1.29 is 72.5 Å². The van der Waals surface area contributed by atoms with Crippen LogP contribution < -0.4 is 26.6 Å². The smallest absolute Gasteiger partial charge is 0.303 e. The molecule has 0 aliphatic carbocycles. The van der Waals surface area contributed by atoms with E-state index in [-0.39, 0.29) is 75.0 Å². The topological polar surface area (TPSA) is 345 Å². The zero-order valence-electron chi connectivity index (χ0n) is 63.5. The molecule has 1 aromatic carbocycles. The Bertz CT molecular complexity index is 3010. The second kappa shape index (κ2) is 39.7. The number of aliphatic carboxylic acids is 1.